The first-order valence-corrected chi connectivity index (χ1v) is 8.12. The number of nitrogens with one attached hydrogen (secondary N) is 2. The fourth-order valence-corrected chi connectivity index (χ4v) is 3.16. The lowest BCUT2D eigenvalue weighted by atomic mass is 10.1. The molecule has 1 saturated heterocycles. The van der Waals surface area contributed by atoms with Crippen LogP contribution in [0.3, 0.4) is 0 Å². The zero-order valence-corrected chi connectivity index (χ0v) is 13.8. The van der Waals surface area contributed by atoms with E-state index in [9.17, 15) is 4.39 Å². The van der Waals surface area contributed by atoms with Gasteiger partial charge in [0.1, 0.15) is 11.8 Å². The molecular weight excluding hydrogens is 331 g/mol. The molecule has 7 heteroatoms. The Morgan fingerprint density at radius 1 is 1.33 bits per heavy atom. The van der Waals surface area contributed by atoms with E-state index < -0.39 is 12.3 Å². The maximum Gasteiger partial charge on any atom is 0.235 e. The molecule has 3 aromatic rings. The third kappa shape index (κ3) is 2.61. The number of para-hydroxylation sites is 1. The maximum absolute atomic E-state index is 13.7. The zero-order chi connectivity index (χ0) is 16.7. The van der Waals surface area contributed by atoms with Crippen LogP contribution in [0.2, 0.25) is 5.02 Å². The molecule has 2 N–H and O–H groups in total. The minimum atomic E-state index is -1.03. The van der Waals surface area contributed by atoms with Crippen LogP contribution in [0.4, 0.5) is 4.39 Å². The van der Waals surface area contributed by atoms with Crippen LogP contribution in [-0.4, -0.2) is 40.3 Å². The Balaban J connectivity index is 1.67. The van der Waals surface area contributed by atoms with E-state index in [2.05, 4.69) is 20.3 Å². The largest absolute Gasteiger partial charge is 0.469 e. The van der Waals surface area contributed by atoms with Crippen molar-refractivity contribution in [3.8, 4) is 17.1 Å². The topological polar surface area (TPSA) is 62.8 Å². The van der Waals surface area contributed by atoms with Gasteiger partial charge in [-0.2, -0.15) is 0 Å². The highest BCUT2D eigenvalue weighted by Crippen LogP contribution is 2.31. The van der Waals surface area contributed by atoms with Crippen LogP contribution >= 0.6 is 11.6 Å². The second-order valence-corrected chi connectivity index (χ2v) is 6.25. The molecule has 1 aliphatic rings. The maximum atomic E-state index is 13.7. The van der Waals surface area contributed by atoms with Crippen molar-refractivity contribution in [2.75, 3.05) is 13.1 Å². The molecule has 0 radical (unpaired) electrons. The zero-order valence-electron chi connectivity index (χ0n) is 13.0. The Morgan fingerprint density at radius 2 is 2.21 bits per heavy atom. The molecule has 5 nitrogen and oxygen atoms in total. The highest BCUT2D eigenvalue weighted by atomic mass is 35.5. The van der Waals surface area contributed by atoms with E-state index in [1.54, 1.807) is 6.20 Å². The minimum Gasteiger partial charge on any atom is -0.469 e. The lowest BCUT2D eigenvalue weighted by molar-refractivity contribution is 0.133. The van der Waals surface area contributed by atoms with Gasteiger partial charge in [0, 0.05) is 30.2 Å². The summed E-state index contributed by atoms with van der Waals surface area (Å²) in [6.45, 7) is 2.60. The minimum absolute atomic E-state index is 0.311. The number of hydrogen-bond donors (Lipinski definition) is 2. The first-order valence-electron chi connectivity index (χ1n) is 7.74. The number of fused-ring (bicyclic) bond motifs is 1. The van der Waals surface area contributed by atoms with Crippen LogP contribution in [0.15, 0.2) is 30.6 Å². The average Bonchev–Trinajstić information content (AvgIpc) is 3.17. The van der Waals surface area contributed by atoms with Crippen molar-refractivity contribution in [3.05, 3.63) is 41.3 Å². The molecule has 0 amide bonds. The van der Waals surface area contributed by atoms with Crippen LogP contribution < -0.4 is 10.1 Å². The van der Waals surface area contributed by atoms with Crippen LogP contribution in [0.25, 0.3) is 22.2 Å². The molecule has 24 heavy (non-hydrogen) atoms. The van der Waals surface area contributed by atoms with E-state index in [1.165, 1.54) is 0 Å². The molecule has 124 valence electrons. The van der Waals surface area contributed by atoms with Crippen molar-refractivity contribution in [1.29, 1.82) is 0 Å². The number of H-pyrrole nitrogens is 1. The number of aromatic nitrogens is 3. The van der Waals surface area contributed by atoms with E-state index >= 15 is 0 Å². The summed E-state index contributed by atoms with van der Waals surface area (Å²) in [5, 5.41) is 4.59. The van der Waals surface area contributed by atoms with E-state index in [0.29, 0.717) is 29.7 Å². The van der Waals surface area contributed by atoms with Crippen LogP contribution in [0.5, 0.6) is 5.88 Å². The van der Waals surface area contributed by atoms with Crippen molar-refractivity contribution < 1.29 is 9.13 Å². The summed E-state index contributed by atoms with van der Waals surface area (Å²) in [5.74, 6) is 0.368. The highest BCUT2D eigenvalue weighted by Gasteiger charge is 2.29. The number of ether oxygens (including phenoxy) is 1. The number of nitrogens with zero attached hydrogens (tertiary/aromatic N) is 2. The quantitative estimate of drug-likeness (QED) is 0.764. The van der Waals surface area contributed by atoms with Gasteiger partial charge in [0.25, 0.3) is 0 Å². The smallest absolute Gasteiger partial charge is 0.235 e. The van der Waals surface area contributed by atoms with Crippen LogP contribution in [0.1, 0.15) is 5.69 Å². The molecule has 0 spiro atoms. The molecule has 2 atom stereocenters. The van der Waals surface area contributed by atoms with Gasteiger partial charge in [0.2, 0.25) is 5.88 Å². The Kier molecular flexibility index (Phi) is 3.86. The molecule has 4 rings (SSSR count). The number of halogens is 2. The van der Waals surface area contributed by atoms with E-state index in [1.807, 2.05) is 31.3 Å². The molecule has 2 aromatic heterocycles. The third-order valence-corrected chi connectivity index (χ3v) is 4.51. The number of aryl methyl sites for hydroxylation is 1. The summed E-state index contributed by atoms with van der Waals surface area (Å²) < 4.78 is 19.3. The lowest BCUT2D eigenvalue weighted by Crippen LogP contribution is -2.27. The average molecular weight is 347 g/mol. The van der Waals surface area contributed by atoms with Gasteiger partial charge in [-0.15, -0.1) is 0 Å². The first kappa shape index (κ1) is 15.4. The molecule has 1 aliphatic heterocycles. The second-order valence-electron chi connectivity index (χ2n) is 5.84. The number of rotatable bonds is 3. The Bertz CT molecular complexity index is 897. The molecule has 3 heterocycles. The third-order valence-electron chi connectivity index (χ3n) is 4.19. The Morgan fingerprint density at radius 3 is 2.96 bits per heavy atom. The molecule has 1 aromatic carbocycles. The van der Waals surface area contributed by atoms with Gasteiger partial charge >= 0.3 is 0 Å². The number of hydrogen-bond acceptors (Lipinski definition) is 4. The summed E-state index contributed by atoms with van der Waals surface area (Å²) >= 11 is 6.19. The van der Waals surface area contributed by atoms with Gasteiger partial charge in [0.15, 0.2) is 6.17 Å². The summed E-state index contributed by atoms with van der Waals surface area (Å²) in [7, 11) is 0. The summed E-state index contributed by atoms with van der Waals surface area (Å²) in [6, 6.07) is 5.71. The molecule has 0 unspecified atom stereocenters. The highest BCUT2D eigenvalue weighted by molar-refractivity contribution is 6.35. The summed E-state index contributed by atoms with van der Waals surface area (Å²) in [5.41, 5.74) is 3.13. The fraction of sp³-hybridized carbons (Fsp3) is 0.294. The van der Waals surface area contributed by atoms with Crippen LogP contribution in [-0.2, 0) is 0 Å². The standard InChI is InChI=1S/C17H16ClFN4O/c1-9-17(24-15-8-20-6-13(15)19)22-7-14(23-9)11-5-21-16-10(11)3-2-4-12(16)18/h2-5,7,13,15,20-21H,6,8H2,1H3/t13-,15-/m1/s1. The van der Waals surface area contributed by atoms with Gasteiger partial charge in [-0.3, -0.25) is 0 Å². The van der Waals surface area contributed by atoms with Crippen molar-refractivity contribution in [1.82, 2.24) is 20.3 Å². The van der Waals surface area contributed by atoms with Gasteiger partial charge in [-0.05, 0) is 13.0 Å². The number of alkyl halides is 1. The fourth-order valence-electron chi connectivity index (χ4n) is 2.93. The van der Waals surface area contributed by atoms with E-state index in [-0.39, 0.29) is 0 Å². The monoisotopic (exact) mass is 346 g/mol. The van der Waals surface area contributed by atoms with Crippen molar-refractivity contribution in [2.45, 2.75) is 19.2 Å². The molecular formula is C17H16ClFN4O. The Labute approximate surface area is 143 Å². The van der Waals surface area contributed by atoms with Crippen molar-refractivity contribution in [2.24, 2.45) is 0 Å². The molecule has 0 bridgehead atoms. The molecule has 0 saturated carbocycles. The van der Waals surface area contributed by atoms with Gasteiger partial charge in [-0.1, -0.05) is 23.7 Å². The predicted molar refractivity (Wildman–Crippen MR) is 91.3 cm³/mol. The first-order chi connectivity index (χ1) is 11.6. The summed E-state index contributed by atoms with van der Waals surface area (Å²) in [6.07, 6.45) is 1.96. The van der Waals surface area contributed by atoms with Crippen molar-refractivity contribution >= 4 is 22.5 Å². The second kappa shape index (κ2) is 6.03. The van der Waals surface area contributed by atoms with Gasteiger partial charge < -0.3 is 15.0 Å². The normalized spacial score (nSPS) is 20.6. The molecule has 0 aliphatic carbocycles. The van der Waals surface area contributed by atoms with Gasteiger partial charge in [0.05, 0.1) is 22.4 Å². The number of benzene rings is 1. The van der Waals surface area contributed by atoms with Crippen molar-refractivity contribution in [3.63, 3.8) is 0 Å². The van der Waals surface area contributed by atoms with Gasteiger partial charge in [-0.25, -0.2) is 14.4 Å². The number of aromatic amines is 1. The Hall–Kier alpha value is -2.18. The van der Waals surface area contributed by atoms with E-state index in [0.717, 1.165) is 22.2 Å². The SMILES string of the molecule is Cc1nc(-c2c[nH]c3c(Cl)cccc23)cnc1O[C@@H]1CNC[C@H]1F. The van der Waals surface area contributed by atoms with Crippen LogP contribution in [0, 0.1) is 6.92 Å². The summed E-state index contributed by atoms with van der Waals surface area (Å²) in [4.78, 5) is 12.1. The predicted octanol–water partition coefficient (Wildman–Crippen LogP) is 3.28. The lowest BCUT2D eigenvalue weighted by Gasteiger charge is -2.15. The molecule has 1 fully saturated rings. The van der Waals surface area contributed by atoms with E-state index in [4.69, 9.17) is 16.3 Å².